The molecule has 1 fully saturated rings. The number of aromatic nitrogens is 2. The lowest BCUT2D eigenvalue weighted by Crippen LogP contribution is -2.40. The van der Waals surface area contributed by atoms with Gasteiger partial charge in [0.1, 0.15) is 5.75 Å². The van der Waals surface area contributed by atoms with Crippen LogP contribution in [0.15, 0.2) is 76.1 Å². The van der Waals surface area contributed by atoms with Crippen molar-refractivity contribution in [1.29, 1.82) is 0 Å². The van der Waals surface area contributed by atoms with Gasteiger partial charge in [-0.1, -0.05) is 37.5 Å². The monoisotopic (exact) mass is 682 g/mol. The molecule has 13 heteroatoms. The van der Waals surface area contributed by atoms with Crippen LogP contribution in [-0.2, 0) is 31.3 Å². The summed E-state index contributed by atoms with van der Waals surface area (Å²) >= 11 is 0. The fourth-order valence-electron chi connectivity index (χ4n) is 6.38. The summed E-state index contributed by atoms with van der Waals surface area (Å²) in [5.41, 5.74) is 1.83. The van der Waals surface area contributed by atoms with Crippen molar-refractivity contribution in [1.82, 2.24) is 18.6 Å². The second kappa shape index (κ2) is 16.0. The molecule has 0 bridgehead atoms. The Morgan fingerprint density at radius 1 is 1.00 bits per heavy atom. The Kier molecular flexibility index (Phi) is 11.8. The van der Waals surface area contributed by atoms with Crippen molar-refractivity contribution in [2.45, 2.75) is 62.6 Å². The van der Waals surface area contributed by atoms with Crippen molar-refractivity contribution < 1.29 is 32.5 Å². The van der Waals surface area contributed by atoms with Crippen LogP contribution in [0.3, 0.4) is 0 Å². The molecular weight excluding hydrogens is 636 g/mol. The lowest BCUT2D eigenvalue weighted by atomic mass is 9.93. The van der Waals surface area contributed by atoms with E-state index < -0.39 is 22.2 Å². The standard InChI is InChI=1S/C35H46N4O8S/c1-26-33(35(42)39(36(26)2)28-12-8-7-9-13-28)27-24-31(34(41)37-18-10-5-4-6-11-19-37)47-32(25-27)46-23-21-38(20-22-40)48(43,44)30-16-14-29(45-3)15-17-30/h7-9,12-17,24,27,32,40H,4-6,10-11,18-23,25H2,1-3H3/t27-,32+/m0/s1. The molecule has 0 spiro atoms. The van der Waals surface area contributed by atoms with Gasteiger partial charge in [0.15, 0.2) is 5.76 Å². The maximum absolute atomic E-state index is 14.0. The number of amides is 1. The van der Waals surface area contributed by atoms with Crippen molar-refractivity contribution in [3.8, 4) is 11.4 Å². The van der Waals surface area contributed by atoms with Gasteiger partial charge >= 0.3 is 0 Å². The quantitative estimate of drug-likeness (QED) is 0.306. The lowest BCUT2D eigenvalue weighted by molar-refractivity contribution is -0.153. The summed E-state index contributed by atoms with van der Waals surface area (Å²) in [4.78, 5) is 29.7. The van der Waals surface area contributed by atoms with E-state index in [1.165, 1.54) is 19.2 Å². The maximum Gasteiger partial charge on any atom is 0.288 e. The number of para-hydroxylation sites is 1. The highest BCUT2D eigenvalue weighted by Crippen LogP contribution is 2.33. The van der Waals surface area contributed by atoms with E-state index in [0.29, 0.717) is 24.4 Å². The molecule has 2 aromatic carbocycles. The van der Waals surface area contributed by atoms with E-state index in [9.17, 15) is 23.1 Å². The first-order valence-corrected chi connectivity index (χ1v) is 18.0. The number of carbonyl (C=O) groups is 1. The van der Waals surface area contributed by atoms with Gasteiger partial charge in [0.2, 0.25) is 16.3 Å². The number of hydrogen-bond acceptors (Lipinski definition) is 8. The Hall–Kier alpha value is -3.91. The summed E-state index contributed by atoms with van der Waals surface area (Å²) in [5.74, 6) is -0.0778. The number of hydrogen-bond donors (Lipinski definition) is 1. The van der Waals surface area contributed by atoms with E-state index in [-0.39, 0.29) is 54.8 Å². The highest BCUT2D eigenvalue weighted by Gasteiger charge is 2.35. The number of ether oxygens (including phenoxy) is 3. The Morgan fingerprint density at radius 2 is 1.67 bits per heavy atom. The van der Waals surface area contributed by atoms with E-state index in [1.807, 2.05) is 53.9 Å². The van der Waals surface area contributed by atoms with Crippen LogP contribution in [-0.4, -0.2) is 90.8 Å². The van der Waals surface area contributed by atoms with Crippen LogP contribution >= 0.6 is 0 Å². The highest BCUT2D eigenvalue weighted by molar-refractivity contribution is 7.89. The first-order chi connectivity index (χ1) is 23.1. The van der Waals surface area contributed by atoms with Crippen LogP contribution in [0, 0.1) is 6.92 Å². The molecule has 2 aliphatic heterocycles. The van der Waals surface area contributed by atoms with Crippen LogP contribution in [0.4, 0.5) is 0 Å². The third-order valence-electron chi connectivity index (χ3n) is 9.07. The van der Waals surface area contributed by atoms with E-state index in [2.05, 4.69) is 0 Å². The molecule has 1 aromatic heterocycles. The molecule has 0 unspecified atom stereocenters. The summed E-state index contributed by atoms with van der Waals surface area (Å²) in [6, 6.07) is 15.4. The van der Waals surface area contributed by atoms with Gasteiger partial charge in [0.05, 0.1) is 30.9 Å². The van der Waals surface area contributed by atoms with Gasteiger partial charge in [-0.25, -0.2) is 13.1 Å². The molecule has 260 valence electrons. The Morgan fingerprint density at radius 3 is 2.31 bits per heavy atom. The van der Waals surface area contributed by atoms with Gasteiger partial charge in [0.25, 0.3) is 11.5 Å². The minimum absolute atomic E-state index is 0.0593. The normalized spacial score (nSPS) is 18.9. The second-order valence-electron chi connectivity index (χ2n) is 12.1. The minimum Gasteiger partial charge on any atom is -0.497 e. The number of methoxy groups -OCH3 is 1. The van der Waals surface area contributed by atoms with Crippen LogP contribution in [0.1, 0.15) is 55.7 Å². The molecule has 3 aromatic rings. The molecule has 2 atom stereocenters. The molecule has 0 radical (unpaired) electrons. The van der Waals surface area contributed by atoms with Crippen LogP contribution in [0.5, 0.6) is 5.75 Å². The maximum atomic E-state index is 14.0. The molecule has 1 saturated heterocycles. The van der Waals surface area contributed by atoms with Gasteiger partial charge in [0, 0.05) is 56.8 Å². The number of likely N-dealkylation sites (tertiary alicyclic amines) is 1. The topological polar surface area (TPSA) is 133 Å². The number of nitrogens with zero attached hydrogens (tertiary/aromatic N) is 4. The number of rotatable bonds is 12. The van der Waals surface area contributed by atoms with Crippen molar-refractivity contribution in [2.75, 3.05) is 46.5 Å². The Bertz CT molecular complexity index is 1730. The minimum atomic E-state index is -3.95. The number of allylic oxidation sites excluding steroid dienone is 1. The smallest absolute Gasteiger partial charge is 0.288 e. The van der Waals surface area contributed by atoms with Crippen LogP contribution < -0.4 is 10.3 Å². The van der Waals surface area contributed by atoms with Crippen molar-refractivity contribution in [2.24, 2.45) is 7.05 Å². The second-order valence-corrected chi connectivity index (χ2v) is 14.1. The first-order valence-electron chi connectivity index (χ1n) is 16.5. The van der Waals surface area contributed by atoms with Crippen molar-refractivity contribution >= 4 is 15.9 Å². The molecule has 1 N–H and O–H groups in total. The summed E-state index contributed by atoms with van der Waals surface area (Å²) in [7, 11) is -0.625. The summed E-state index contributed by atoms with van der Waals surface area (Å²) in [6.45, 7) is 2.48. The van der Waals surface area contributed by atoms with E-state index in [1.54, 1.807) is 22.9 Å². The van der Waals surface area contributed by atoms with Crippen molar-refractivity contribution in [3.63, 3.8) is 0 Å². The third kappa shape index (κ3) is 7.86. The number of aliphatic hydroxyl groups is 1. The molecule has 48 heavy (non-hydrogen) atoms. The molecular formula is C35H46N4O8S. The van der Waals surface area contributed by atoms with E-state index in [0.717, 1.165) is 47.8 Å². The van der Waals surface area contributed by atoms with Crippen molar-refractivity contribution in [3.05, 3.63) is 88.0 Å². The molecule has 1 amide bonds. The average Bonchev–Trinajstić information content (AvgIpc) is 3.30. The lowest BCUT2D eigenvalue weighted by Gasteiger charge is -2.32. The Balaban J connectivity index is 1.40. The van der Waals surface area contributed by atoms with Gasteiger partial charge in [-0.3, -0.25) is 14.3 Å². The van der Waals surface area contributed by atoms with Gasteiger partial charge < -0.3 is 24.2 Å². The average molecular weight is 683 g/mol. The third-order valence-corrected chi connectivity index (χ3v) is 11.0. The predicted molar refractivity (Wildman–Crippen MR) is 181 cm³/mol. The Labute approximate surface area is 282 Å². The van der Waals surface area contributed by atoms with Gasteiger partial charge in [-0.05, 0) is 62.2 Å². The number of sulfonamides is 1. The molecule has 5 rings (SSSR count). The molecule has 0 aliphatic carbocycles. The molecule has 0 saturated carbocycles. The zero-order valence-electron chi connectivity index (χ0n) is 27.9. The SMILES string of the molecule is COc1ccc(S(=O)(=O)N(CCO)CCO[C@H]2C[C@@H](c3c(C)n(C)n(-c4ccccc4)c3=O)C=C(C(=O)N3CCCCCCC3)O2)cc1. The highest BCUT2D eigenvalue weighted by atomic mass is 32.2. The van der Waals surface area contributed by atoms with E-state index >= 15 is 0 Å². The fourth-order valence-corrected chi connectivity index (χ4v) is 7.80. The number of benzene rings is 2. The summed E-state index contributed by atoms with van der Waals surface area (Å²) in [6.07, 6.45) is 6.16. The largest absolute Gasteiger partial charge is 0.497 e. The van der Waals surface area contributed by atoms with Gasteiger partial charge in [-0.15, -0.1) is 0 Å². The number of carbonyl (C=O) groups excluding carboxylic acids is 1. The summed E-state index contributed by atoms with van der Waals surface area (Å²) < 4.78 is 48.9. The first kappa shape index (κ1) is 35.4. The van der Waals surface area contributed by atoms with Crippen LogP contribution in [0.2, 0.25) is 0 Å². The summed E-state index contributed by atoms with van der Waals surface area (Å²) in [5, 5.41) is 9.68. The fraction of sp³-hybridized carbons (Fsp3) is 0.486. The zero-order chi connectivity index (χ0) is 34.3. The molecule has 3 heterocycles. The molecule has 12 nitrogen and oxygen atoms in total. The molecule has 2 aliphatic rings. The van der Waals surface area contributed by atoms with E-state index in [4.69, 9.17) is 14.2 Å². The zero-order valence-corrected chi connectivity index (χ0v) is 28.7. The number of aliphatic hydroxyl groups excluding tert-OH is 1. The predicted octanol–water partition coefficient (Wildman–Crippen LogP) is 3.70. The van der Waals surface area contributed by atoms with Gasteiger partial charge in [-0.2, -0.15) is 4.31 Å². The van der Waals surface area contributed by atoms with Crippen LogP contribution in [0.25, 0.3) is 5.69 Å².